The van der Waals surface area contributed by atoms with Crippen LogP contribution in [-0.2, 0) is 0 Å². The SMILES string of the molecule is [Li][C]1=C(C(N)C=C)C=CC1. The van der Waals surface area contributed by atoms with Gasteiger partial charge in [-0.1, -0.05) is 0 Å². The molecule has 0 spiro atoms. The molecule has 0 aromatic carbocycles. The first-order valence-corrected chi connectivity index (χ1v) is 3.50. The molecule has 0 radical (unpaired) electrons. The van der Waals surface area contributed by atoms with Gasteiger partial charge in [-0.15, -0.1) is 0 Å². The second kappa shape index (κ2) is 3.25. The molecule has 0 fully saturated rings. The van der Waals surface area contributed by atoms with Gasteiger partial charge in [-0.25, -0.2) is 0 Å². The van der Waals surface area contributed by atoms with Gasteiger partial charge >= 0.3 is 70.5 Å². The molecule has 0 heterocycles. The summed E-state index contributed by atoms with van der Waals surface area (Å²) in [5, 5.41) is 0. The zero-order valence-corrected chi connectivity index (χ0v) is 6.30. The van der Waals surface area contributed by atoms with Crippen molar-refractivity contribution in [2.45, 2.75) is 12.5 Å². The van der Waals surface area contributed by atoms with Crippen molar-refractivity contribution in [1.82, 2.24) is 0 Å². The first kappa shape index (κ1) is 7.88. The molecule has 0 aromatic heterocycles. The second-order valence-corrected chi connectivity index (χ2v) is 2.60. The molecule has 0 amide bonds. The fourth-order valence-corrected chi connectivity index (χ4v) is 1.15. The molecule has 2 N–H and O–H groups in total. The molecule has 0 bridgehead atoms. The van der Waals surface area contributed by atoms with E-state index in [0.717, 1.165) is 6.42 Å². The topological polar surface area (TPSA) is 26.0 Å². The molecule has 0 aliphatic heterocycles. The summed E-state index contributed by atoms with van der Waals surface area (Å²) in [6, 6.07) is 0.0266. The molecule has 2 heteroatoms. The first-order valence-electron chi connectivity index (χ1n) is 3.50. The third kappa shape index (κ3) is 1.44. The van der Waals surface area contributed by atoms with Crippen LogP contribution in [0.2, 0.25) is 0 Å². The Kier molecular flexibility index (Phi) is 2.56. The van der Waals surface area contributed by atoms with Gasteiger partial charge in [0.05, 0.1) is 0 Å². The fourth-order valence-electron chi connectivity index (χ4n) is 1.15. The van der Waals surface area contributed by atoms with Gasteiger partial charge in [0, 0.05) is 0 Å². The maximum absolute atomic E-state index is 5.74. The Morgan fingerprint density at radius 3 is 2.90 bits per heavy atom. The Bertz CT molecular complexity index is 203. The zero-order chi connectivity index (χ0) is 7.56. The van der Waals surface area contributed by atoms with E-state index in [1.165, 1.54) is 9.82 Å². The molecule has 1 aliphatic rings. The Morgan fingerprint density at radius 2 is 2.50 bits per heavy atom. The van der Waals surface area contributed by atoms with Crippen LogP contribution >= 0.6 is 0 Å². The number of nitrogens with two attached hydrogens (primary N) is 1. The van der Waals surface area contributed by atoms with Gasteiger partial charge in [0.15, 0.2) is 0 Å². The predicted octanol–water partition coefficient (Wildman–Crippen LogP) is 0.882. The van der Waals surface area contributed by atoms with Crippen LogP contribution < -0.4 is 5.73 Å². The minimum atomic E-state index is 0.0266. The third-order valence-electron chi connectivity index (χ3n) is 1.83. The first-order chi connectivity index (χ1) is 4.75. The van der Waals surface area contributed by atoms with E-state index in [-0.39, 0.29) is 6.04 Å². The van der Waals surface area contributed by atoms with E-state index < -0.39 is 0 Å². The van der Waals surface area contributed by atoms with Crippen molar-refractivity contribution in [2.24, 2.45) is 5.73 Å². The molecule has 0 aromatic rings. The van der Waals surface area contributed by atoms with E-state index in [9.17, 15) is 0 Å². The van der Waals surface area contributed by atoms with E-state index in [0.29, 0.717) is 0 Å². The van der Waals surface area contributed by atoms with E-state index in [2.05, 4.69) is 36.4 Å². The molecule has 1 atom stereocenters. The Hall–Kier alpha value is -0.223. The molecular weight excluding hydrogens is 117 g/mol. The van der Waals surface area contributed by atoms with Crippen LogP contribution in [-0.4, -0.2) is 23.8 Å². The van der Waals surface area contributed by atoms with Crippen molar-refractivity contribution in [3.05, 3.63) is 34.6 Å². The van der Waals surface area contributed by atoms with Crippen molar-refractivity contribution in [1.29, 1.82) is 0 Å². The van der Waals surface area contributed by atoms with Crippen molar-refractivity contribution < 1.29 is 0 Å². The third-order valence-corrected chi connectivity index (χ3v) is 1.83. The Balaban J connectivity index is 2.79. The van der Waals surface area contributed by atoms with Gasteiger partial charge < -0.3 is 0 Å². The molecule has 1 unspecified atom stereocenters. The van der Waals surface area contributed by atoms with E-state index >= 15 is 0 Å². The van der Waals surface area contributed by atoms with Crippen LogP contribution in [0.25, 0.3) is 0 Å². The molecule has 0 saturated heterocycles. The molecule has 48 valence electrons. The average Bonchev–Trinajstić information content (AvgIpc) is 2.34. The molecule has 10 heavy (non-hydrogen) atoms. The summed E-state index contributed by atoms with van der Waals surface area (Å²) in [7, 11) is 0. The number of hydrogen-bond donors (Lipinski definition) is 1. The van der Waals surface area contributed by atoms with Crippen molar-refractivity contribution in [3.63, 3.8) is 0 Å². The average molecular weight is 127 g/mol. The number of allylic oxidation sites excluding steroid dienone is 2. The van der Waals surface area contributed by atoms with Crippen molar-refractivity contribution in [3.8, 4) is 0 Å². The molecular formula is C8H10LiN. The normalized spacial score (nSPS) is 19.9. The van der Waals surface area contributed by atoms with Gasteiger partial charge in [0.2, 0.25) is 0 Å². The summed E-state index contributed by atoms with van der Waals surface area (Å²) < 4.78 is 1.37. The van der Waals surface area contributed by atoms with Gasteiger partial charge in [0.1, 0.15) is 0 Å². The van der Waals surface area contributed by atoms with E-state index in [1.54, 1.807) is 6.08 Å². The summed E-state index contributed by atoms with van der Waals surface area (Å²) in [4.78, 5) is 0. The second-order valence-electron chi connectivity index (χ2n) is 2.60. The quantitative estimate of drug-likeness (QED) is 0.432. The van der Waals surface area contributed by atoms with Crippen molar-refractivity contribution in [2.75, 3.05) is 0 Å². The summed E-state index contributed by atoms with van der Waals surface area (Å²) in [5.74, 6) is 0. The van der Waals surface area contributed by atoms with Gasteiger partial charge in [0.25, 0.3) is 0 Å². The zero-order valence-electron chi connectivity index (χ0n) is 6.30. The fraction of sp³-hybridized carbons (Fsp3) is 0.250. The summed E-state index contributed by atoms with van der Waals surface area (Å²) in [6.45, 7) is 3.65. The summed E-state index contributed by atoms with van der Waals surface area (Å²) in [5.41, 5.74) is 6.97. The Labute approximate surface area is 70.9 Å². The van der Waals surface area contributed by atoms with Crippen LogP contribution in [0.5, 0.6) is 0 Å². The number of hydrogen-bond acceptors (Lipinski definition) is 1. The number of rotatable bonds is 2. The van der Waals surface area contributed by atoms with Crippen LogP contribution in [0.4, 0.5) is 0 Å². The Morgan fingerprint density at radius 1 is 1.80 bits per heavy atom. The molecule has 1 aliphatic carbocycles. The predicted molar refractivity (Wildman–Crippen MR) is 44.7 cm³/mol. The van der Waals surface area contributed by atoms with E-state index in [4.69, 9.17) is 5.73 Å². The van der Waals surface area contributed by atoms with Crippen molar-refractivity contribution >= 4 is 17.7 Å². The molecule has 1 rings (SSSR count). The maximum atomic E-state index is 5.74. The van der Waals surface area contributed by atoms with Gasteiger partial charge in [-0.3, -0.25) is 0 Å². The van der Waals surface area contributed by atoms with Crippen LogP contribution in [0.3, 0.4) is 0 Å². The monoisotopic (exact) mass is 127 g/mol. The summed E-state index contributed by atoms with van der Waals surface area (Å²) in [6.07, 6.45) is 7.04. The molecule has 1 nitrogen and oxygen atoms in total. The molecule has 0 saturated carbocycles. The van der Waals surface area contributed by atoms with E-state index in [1.807, 2.05) is 0 Å². The van der Waals surface area contributed by atoms with Crippen LogP contribution in [0.1, 0.15) is 6.42 Å². The minimum absolute atomic E-state index is 0.0266. The van der Waals surface area contributed by atoms with Crippen LogP contribution in [0.15, 0.2) is 34.6 Å². The standard InChI is InChI=1S/C8H10N.Li/c1-2-8(9)7-5-3-4-6-7;/h2-3,5,8H,1,4,9H2;. The van der Waals surface area contributed by atoms with Gasteiger partial charge in [-0.05, 0) is 0 Å². The van der Waals surface area contributed by atoms with Gasteiger partial charge in [-0.2, -0.15) is 0 Å². The van der Waals surface area contributed by atoms with Crippen LogP contribution in [0, 0.1) is 0 Å². The summed E-state index contributed by atoms with van der Waals surface area (Å²) >= 11 is 2.11.